The molecule has 3 N–H and O–H groups in total. The molecule has 0 aromatic heterocycles. The number of nitrogens with one attached hydrogen (secondary N) is 1. The SMILES string of the molecule is CCOc1ccccc1C(NN)c1ccc(SCC)cc1. The predicted octanol–water partition coefficient (Wildman–Crippen LogP) is 3.75. The summed E-state index contributed by atoms with van der Waals surface area (Å²) in [5.41, 5.74) is 5.08. The zero-order chi connectivity index (χ0) is 15.1. The molecule has 0 heterocycles. The summed E-state index contributed by atoms with van der Waals surface area (Å²) in [6, 6.07) is 16.4. The average molecular weight is 302 g/mol. The van der Waals surface area contributed by atoms with Crippen molar-refractivity contribution < 1.29 is 4.74 Å². The molecule has 2 rings (SSSR count). The lowest BCUT2D eigenvalue weighted by Gasteiger charge is -2.20. The third kappa shape index (κ3) is 4.00. The topological polar surface area (TPSA) is 47.3 Å². The number of hydrazine groups is 1. The van der Waals surface area contributed by atoms with Crippen molar-refractivity contribution in [3.8, 4) is 5.75 Å². The third-order valence-electron chi connectivity index (χ3n) is 3.22. The largest absolute Gasteiger partial charge is 0.494 e. The van der Waals surface area contributed by atoms with Crippen LogP contribution < -0.4 is 16.0 Å². The molecule has 0 radical (unpaired) electrons. The summed E-state index contributed by atoms with van der Waals surface area (Å²) in [5.74, 6) is 7.73. The summed E-state index contributed by atoms with van der Waals surface area (Å²) < 4.78 is 5.70. The number of benzene rings is 2. The van der Waals surface area contributed by atoms with E-state index in [1.807, 2.05) is 43.0 Å². The second-order valence-electron chi connectivity index (χ2n) is 4.57. The minimum Gasteiger partial charge on any atom is -0.494 e. The first-order valence-corrected chi connectivity index (χ1v) is 8.19. The molecule has 0 aliphatic carbocycles. The Morgan fingerprint density at radius 1 is 1.10 bits per heavy atom. The first-order chi connectivity index (χ1) is 10.3. The van der Waals surface area contributed by atoms with Gasteiger partial charge in [0.25, 0.3) is 0 Å². The van der Waals surface area contributed by atoms with Crippen LogP contribution in [0.15, 0.2) is 53.4 Å². The van der Waals surface area contributed by atoms with Crippen molar-refractivity contribution in [3.05, 3.63) is 59.7 Å². The van der Waals surface area contributed by atoms with Gasteiger partial charge in [-0.1, -0.05) is 37.3 Å². The van der Waals surface area contributed by atoms with Gasteiger partial charge in [-0.3, -0.25) is 5.84 Å². The highest BCUT2D eigenvalue weighted by Gasteiger charge is 2.16. The number of para-hydroxylation sites is 1. The molecule has 4 heteroatoms. The predicted molar refractivity (Wildman–Crippen MR) is 89.6 cm³/mol. The Balaban J connectivity index is 2.30. The van der Waals surface area contributed by atoms with Crippen LogP contribution in [-0.4, -0.2) is 12.4 Å². The van der Waals surface area contributed by atoms with E-state index < -0.39 is 0 Å². The van der Waals surface area contributed by atoms with Crippen LogP contribution in [0.1, 0.15) is 31.0 Å². The molecule has 2 aromatic carbocycles. The highest BCUT2D eigenvalue weighted by molar-refractivity contribution is 7.99. The molecule has 0 aliphatic rings. The molecule has 1 unspecified atom stereocenters. The highest BCUT2D eigenvalue weighted by atomic mass is 32.2. The second-order valence-corrected chi connectivity index (χ2v) is 5.91. The van der Waals surface area contributed by atoms with Gasteiger partial charge in [-0.2, -0.15) is 0 Å². The van der Waals surface area contributed by atoms with Gasteiger partial charge in [-0.05, 0) is 36.4 Å². The molecule has 2 aromatic rings. The normalized spacial score (nSPS) is 12.1. The Bertz CT molecular complexity index is 557. The fourth-order valence-electron chi connectivity index (χ4n) is 2.29. The number of ether oxygens (including phenoxy) is 1. The monoisotopic (exact) mass is 302 g/mol. The van der Waals surface area contributed by atoms with Gasteiger partial charge in [0.2, 0.25) is 0 Å². The maximum absolute atomic E-state index is 5.79. The van der Waals surface area contributed by atoms with E-state index in [0.717, 1.165) is 22.6 Å². The molecule has 21 heavy (non-hydrogen) atoms. The van der Waals surface area contributed by atoms with E-state index in [4.69, 9.17) is 10.6 Å². The van der Waals surface area contributed by atoms with Gasteiger partial charge in [0.15, 0.2) is 0 Å². The molecule has 0 saturated carbocycles. The molecule has 0 spiro atoms. The van der Waals surface area contributed by atoms with Crippen LogP contribution in [0.3, 0.4) is 0 Å². The summed E-state index contributed by atoms with van der Waals surface area (Å²) in [6.07, 6.45) is 0. The lowest BCUT2D eigenvalue weighted by Crippen LogP contribution is -2.29. The van der Waals surface area contributed by atoms with Crippen molar-refractivity contribution in [2.45, 2.75) is 24.8 Å². The third-order valence-corrected chi connectivity index (χ3v) is 4.12. The van der Waals surface area contributed by atoms with Crippen molar-refractivity contribution in [1.29, 1.82) is 0 Å². The summed E-state index contributed by atoms with van der Waals surface area (Å²) in [6.45, 7) is 4.78. The van der Waals surface area contributed by atoms with Crippen LogP contribution in [0.2, 0.25) is 0 Å². The van der Waals surface area contributed by atoms with Crippen molar-refractivity contribution in [2.24, 2.45) is 5.84 Å². The standard InChI is InChI=1S/C17H22N2OS/c1-3-20-16-8-6-5-7-15(16)17(19-18)13-9-11-14(12-10-13)21-4-2/h5-12,17,19H,3-4,18H2,1-2H3. The Labute approximate surface area is 130 Å². The number of rotatable bonds is 7. The van der Waals surface area contributed by atoms with Gasteiger partial charge >= 0.3 is 0 Å². The first-order valence-electron chi connectivity index (χ1n) is 7.20. The molecule has 0 saturated heterocycles. The van der Waals surface area contributed by atoms with Crippen LogP contribution in [0.25, 0.3) is 0 Å². The number of nitrogens with two attached hydrogens (primary N) is 1. The van der Waals surface area contributed by atoms with Crippen LogP contribution in [0.5, 0.6) is 5.75 Å². The van der Waals surface area contributed by atoms with Gasteiger partial charge in [0, 0.05) is 10.5 Å². The van der Waals surface area contributed by atoms with Gasteiger partial charge < -0.3 is 4.74 Å². The molecule has 0 fully saturated rings. The van der Waals surface area contributed by atoms with E-state index in [-0.39, 0.29) is 6.04 Å². The van der Waals surface area contributed by atoms with E-state index in [9.17, 15) is 0 Å². The molecule has 0 amide bonds. The van der Waals surface area contributed by atoms with Crippen LogP contribution in [0.4, 0.5) is 0 Å². The summed E-state index contributed by atoms with van der Waals surface area (Å²) in [4.78, 5) is 1.27. The quantitative estimate of drug-likeness (QED) is 0.464. The Morgan fingerprint density at radius 2 is 1.81 bits per heavy atom. The Morgan fingerprint density at radius 3 is 2.43 bits per heavy atom. The molecule has 1 atom stereocenters. The van der Waals surface area contributed by atoms with E-state index in [0.29, 0.717) is 6.61 Å². The molecule has 0 bridgehead atoms. The second kappa shape index (κ2) is 8.08. The number of hydrogen-bond donors (Lipinski definition) is 2. The fraction of sp³-hybridized carbons (Fsp3) is 0.294. The van der Waals surface area contributed by atoms with Gasteiger partial charge in [-0.15, -0.1) is 11.8 Å². The average Bonchev–Trinajstić information content (AvgIpc) is 2.52. The molecular weight excluding hydrogens is 280 g/mol. The van der Waals surface area contributed by atoms with Crippen LogP contribution in [0, 0.1) is 0 Å². The maximum Gasteiger partial charge on any atom is 0.124 e. The molecular formula is C17H22N2OS. The lowest BCUT2D eigenvalue weighted by molar-refractivity contribution is 0.333. The summed E-state index contributed by atoms with van der Waals surface area (Å²) in [5, 5.41) is 0. The molecule has 112 valence electrons. The van der Waals surface area contributed by atoms with E-state index in [1.54, 1.807) is 0 Å². The van der Waals surface area contributed by atoms with Crippen LogP contribution in [-0.2, 0) is 0 Å². The number of thioether (sulfide) groups is 1. The number of hydrogen-bond acceptors (Lipinski definition) is 4. The molecule has 3 nitrogen and oxygen atoms in total. The van der Waals surface area contributed by atoms with E-state index >= 15 is 0 Å². The summed E-state index contributed by atoms with van der Waals surface area (Å²) >= 11 is 1.83. The smallest absolute Gasteiger partial charge is 0.124 e. The zero-order valence-electron chi connectivity index (χ0n) is 12.5. The zero-order valence-corrected chi connectivity index (χ0v) is 13.3. The van der Waals surface area contributed by atoms with Crippen molar-refractivity contribution >= 4 is 11.8 Å². The highest BCUT2D eigenvalue weighted by Crippen LogP contribution is 2.30. The Kier molecular flexibility index (Phi) is 6.11. The first kappa shape index (κ1) is 15.9. The molecule has 0 aliphatic heterocycles. The lowest BCUT2D eigenvalue weighted by atomic mass is 9.98. The summed E-state index contributed by atoms with van der Waals surface area (Å²) in [7, 11) is 0. The van der Waals surface area contributed by atoms with Gasteiger partial charge in [0.1, 0.15) is 5.75 Å². The Hall–Kier alpha value is -1.49. The minimum atomic E-state index is -0.0755. The maximum atomic E-state index is 5.79. The van der Waals surface area contributed by atoms with Crippen molar-refractivity contribution in [1.82, 2.24) is 5.43 Å². The van der Waals surface area contributed by atoms with E-state index in [1.165, 1.54) is 4.90 Å². The van der Waals surface area contributed by atoms with Crippen molar-refractivity contribution in [3.63, 3.8) is 0 Å². The van der Waals surface area contributed by atoms with Gasteiger partial charge in [-0.25, -0.2) is 5.43 Å². The minimum absolute atomic E-state index is 0.0755. The van der Waals surface area contributed by atoms with Crippen LogP contribution >= 0.6 is 11.8 Å². The van der Waals surface area contributed by atoms with E-state index in [2.05, 4.69) is 36.6 Å². The van der Waals surface area contributed by atoms with Gasteiger partial charge in [0.05, 0.1) is 12.6 Å². The van der Waals surface area contributed by atoms with Crippen molar-refractivity contribution in [2.75, 3.05) is 12.4 Å². The fourth-order valence-corrected chi connectivity index (χ4v) is 2.96.